The van der Waals surface area contributed by atoms with Crippen LogP contribution in [0.25, 0.3) is 0 Å². The molecule has 6 nitrogen and oxygen atoms in total. The third-order valence-corrected chi connectivity index (χ3v) is 6.62. The van der Waals surface area contributed by atoms with Gasteiger partial charge in [-0.25, -0.2) is 0 Å². The highest BCUT2D eigenvalue weighted by Crippen LogP contribution is 2.25. The first-order valence-electron chi connectivity index (χ1n) is 11.7. The first kappa shape index (κ1) is 23.9. The van der Waals surface area contributed by atoms with Gasteiger partial charge in [0.15, 0.2) is 5.78 Å². The van der Waals surface area contributed by atoms with Crippen molar-refractivity contribution in [3.05, 3.63) is 100.0 Å². The molecule has 0 aliphatic carbocycles. The summed E-state index contributed by atoms with van der Waals surface area (Å²) in [7, 11) is 1.79. The number of pyridine rings is 1. The molecule has 0 bridgehead atoms. The summed E-state index contributed by atoms with van der Waals surface area (Å²) in [5.41, 5.74) is 2.53. The highest BCUT2D eigenvalue weighted by molar-refractivity contribution is 5.95. The van der Waals surface area contributed by atoms with E-state index in [1.54, 1.807) is 19.4 Å². The lowest BCUT2D eigenvalue weighted by Crippen LogP contribution is -2.43. The van der Waals surface area contributed by atoms with E-state index in [1.165, 1.54) is 16.2 Å². The predicted octanol–water partition coefficient (Wildman–Crippen LogP) is 4.31. The monoisotopic (exact) mass is 460 g/mol. The molecule has 2 aromatic carbocycles. The van der Waals surface area contributed by atoms with E-state index in [2.05, 4.69) is 11.8 Å². The van der Waals surface area contributed by atoms with E-state index in [0.29, 0.717) is 17.9 Å². The second-order valence-corrected chi connectivity index (χ2v) is 9.15. The van der Waals surface area contributed by atoms with Crippen LogP contribution in [0.2, 0.25) is 0 Å². The number of methoxy groups -OCH3 is 1. The zero-order valence-corrected chi connectivity index (χ0v) is 19.9. The fraction of sp³-hybridized carbons (Fsp3) is 0.357. The average molecular weight is 461 g/mol. The van der Waals surface area contributed by atoms with Gasteiger partial charge in [0.05, 0.1) is 12.1 Å². The molecule has 1 saturated heterocycles. The van der Waals surface area contributed by atoms with E-state index in [4.69, 9.17) is 9.47 Å². The molecule has 0 radical (unpaired) electrons. The van der Waals surface area contributed by atoms with E-state index in [9.17, 15) is 9.59 Å². The highest BCUT2D eigenvalue weighted by Gasteiger charge is 2.29. The first-order valence-corrected chi connectivity index (χ1v) is 11.7. The fourth-order valence-corrected chi connectivity index (χ4v) is 4.14. The Morgan fingerprint density at radius 2 is 1.68 bits per heavy atom. The molecule has 178 valence electrons. The van der Waals surface area contributed by atoms with Gasteiger partial charge in [-0.05, 0) is 37.0 Å². The molecule has 1 aliphatic rings. The zero-order chi connectivity index (χ0) is 24.0. The van der Waals surface area contributed by atoms with Crippen molar-refractivity contribution < 1.29 is 14.3 Å². The maximum absolute atomic E-state index is 12.8. The van der Waals surface area contributed by atoms with Gasteiger partial charge in [0.2, 0.25) is 0 Å². The number of aromatic nitrogens is 1. The number of hydrogen-bond acceptors (Lipinski definition) is 5. The summed E-state index contributed by atoms with van der Waals surface area (Å²) in [6, 6.07) is 20.6. The quantitative estimate of drug-likeness (QED) is 0.446. The Labute approximate surface area is 200 Å². The minimum Gasteiger partial charge on any atom is -0.489 e. The number of nitrogens with zero attached hydrogens (tertiary/aromatic N) is 2. The number of piperidine rings is 1. The number of carbonyl (C=O) groups excluding carboxylic acids is 1. The summed E-state index contributed by atoms with van der Waals surface area (Å²) < 4.78 is 12.7. The summed E-state index contributed by atoms with van der Waals surface area (Å²) in [6.45, 7) is 5.41. The zero-order valence-electron chi connectivity index (χ0n) is 19.9. The van der Waals surface area contributed by atoms with Gasteiger partial charge in [0.1, 0.15) is 12.4 Å². The number of likely N-dealkylation sites (tertiary alicyclic amines) is 1. The number of Topliss-reactive ketones (excluding diaryl/α,β-unsaturated/α-hetero) is 1. The van der Waals surface area contributed by atoms with Gasteiger partial charge in [0.25, 0.3) is 5.56 Å². The van der Waals surface area contributed by atoms with Crippen LogP contribution in [0.4, 0.5) is 0 Å². The lowest BCUT2D eigenvalue weighted by Gasteiger charge is -2.38. The SMILES string of the molecule is COC1(C)CCN(Cc2ccc(C(=O)Cn3ccc(OCc4ccccc4)cc3=O)cc2)CC1. The van der Waals surface area contributed by atoms with E-state index >= 15 is 0 Å². The largest absolute Gasteiger partial charge is 0.489 e. The first-order chi connectivity index (χ1) is 16.4. The molecule has 1 fully saturated rings. The summed E-state index contributed by atoms with van der Waals surface area (Å²) >= 11 is 0. The Kier molecular flexibility index (Phi) is 7.60. The molecule has 0 saturated carbocycles. The molecule has 0 N–H and O–H groups in total. The third-order valence-electron chi connectivity index (χ3n) is 6.62. The topological polar surface area (TPSA) is 60.8 Å². The number of carbonyl (C=O) groups is 1. The van der Waals surface area contributed by atoms with Crippen LogP contribution >= 0.6 is 0 Å². The van der Waals surface area contributed by atoms with Crippen LogP contribution in [0.15, 0.2) is 77.7 Å². The van der Waals surface area contributed by atoms with Crippen LogP contribution in [-0.4, -0.2) is 41.1 Å². The molecule has 0 unspecified atom stereocenters. The van der Waals surface area contributed by atoms with Crippen LogP contribution in [0.3, 0.4) is 0 Å². The fourth-order valence-electron chi connectivity index (χ4n) is 4.14. The van der Waals surface area contributed by atoms with Gasteiger partial charge in [-0.15, -0.1) is 0 Å². The van der Waals surface area contributed by atoms with E-state index in [1.807, 2.05) is 54.6 Å². The van der Waals surface area contributed by atoms with Gasteiger partial charge in [-0.1, -0.05) is 54.6 Å². The van der Waals surface area contributed by atoms with E-state index in [0.717, 1.165) is 38.0 Å². The standard InChI is InChI=1S/C28H32N2O4/c1-28(33-2)13-16-29(17-14-28)19-22-8-10-24(11-9-22)26(31)20-30-15-12-25(18-27(30)32)34-21-23-6-4-3-5-7-23/h3-12,15,18H,13-14,16-17,19-21H2,1-2H3. The van der Waals surface area contributed by atoms with Gasteiger partial charge >= 0.3 is 0 Å². The molecule has 1 aromatic heterocycles. The molecule has 2 heterocycles. The second-order valence-electron chi connectivity index (χ2n) is 9.15. The summed E-state index contributed by atoms with van der Waals surface area (Å²) in [4.78, 5) is 27.6. The Morgan fingerprint density at radius 1 is 0.971 bits per heavy atom. The molecule has 4 rings (SSSR count). The van der Waals surface area contributed by atoms with Crippen molar-refractivity contribution >= 4 is 5.78 Å². The van der Waals surface area contributed by atoms with Crippen molar-refractivity contribution in [2.45, 2.75) is 45.1 Å². The van der Waals surface area contributed by atoms with E-state index in [-0.39, 0.29) is 23.5 Å². The minimum atomic E-state index is -0.260. The van der Waals surface area contributed by atoms with Gasteiger partial charge in [-0.3, -0.25) is 14.5 Å². The third kappa shape index (κ3) is 6.22. The molecule has 34 heavy (non-hydrogen) atoms. The lowest BCUT2D eigenvalue weighted by atomic mass is 9.93. The van der Waals surface area contributed by atoms with E-state index < -0.39 is 0 Å². The molecule has 1 aliphatic heterocycles. The molecule has 0 atom stereocenters. The minimum absolute atomic E-state index is 0.00112. The van der Waals surface area contributed by atoms with Crippen LogP contribution in [0, 0.1) is 0 Å². The summed E-state index contributed by atoms with van der Waals surface area (Å²) in [5.74, 6) is 0.394. The lowest BCUT2D eigenvalue weighted by molar-refractivity contribution is -0.0440. The molecule has 0 spiro atoms. The molecular weight excluding hydrogens is 428 g/mol. The van der Waals surface area contributed by atoms with Crippen molar-refractivity contribution in [3.63, 3.8) is 0 Å². The van der Waals surface area contributed by atoms with Gasteiger partial charge in [0, 0.05) is 44.6 Å². The predicted molar refractivity (Wildman–Crippen MR) is 132 cm³/mol. The Balaban J connectivity index is 1.30. The van der Waals surface area contributed by atoms with Crippen molar-refractivity contribution in [2.24, 2.45) is 0 Å². The Bertz CT molecular complexity index is 1150. The Hall–Kier alpha value is -3.22. The van der Waals surface area contributed by atoms with Crippen molar-refractivity contribution in [3.8, 4) is 5.75 Å². The van der Waals surface area contributed by atoms with Crippen LogP contribution < -0.4 is 10.3 Å². The number of ketones is 1. The molecule has 0 amide bonds. The van der Waals surface area contributed by atoms with Crippen LogP contribution in [0.5, 0.6) is 5.75 Å². The smallest absolute Gasteiger partial charge is 0.254 e. The molecular formula is C28H32N2O4. The second kappa shape index (κ2) is 10.8. The van der Waals surface area contributed by atoms with Gasteiger partial charge < -0.3 is 14.0 Å². The number of hydrogen-bond donors (Lipinski definition) is 0. The number of rotatable bonds is 9. The maximum atomic E-state index is 12.8. The van der Waals surface area contributed by atoms with Crippen molar-refractivity contribution in [1.29, 1.82) is 0 Å². The Morgan fingerprint density at radius 3 is 2.32 bits per heavy atom. The highest BCUT2D eigenvalue weighted by atomic mass is 16.5. The normalized spacial score (nSPS) is 15.7. The maximum Gasteiger partial charge on any atom is 0.254 e. The molecule has 6 heteroatoms. The summed E-state index contributed by atoms with van der Waals surface area (Å²) in [6.07, 6.45) is 3.65. The van der Waals surface area contributed by atoms with Crippen LogP contribution in [0.1, 0.15) is 41.3 Å². The van der Waals surface area contributed by atoms with Crippen LogP contribution in [-0.2, 0) is 24.4 Å². The number of ether oxygens (including phenoxy) is 2. The van der Waals surface area contributed by atoms with Gasteiger partial charge in [-0.2, -0.15) is 0 Å². The van der Waals surface area contributed by atoms with Crippen molar-refractivity contribution in [2.75, 3.05) is 20.2 Å². The van der Waals surface area contributed by atoms with Crippen molar-refractivity contribution in [1.82, 2.24) is 9.47 Å². The summed E-state index contributed by atoms with van der Waals surface area (Å²) in [5, 5.41) is 0. The average Bonchev–Trinajstić information content (AvgIpc) is 2.87. The number of benzene rings is 2. The molecule has 3 aromatic rings.